The molecule has 3 nitrogen and oxygen atoms in total. The van der Waals surface area contributed by atoms with Crippen molar-refractivity contribution in [2.24, 2.45) is 0 Å². The first kappa shape index (κ1) is 9.98. The van der Waals surface area contributed by atoms with Gasteiger partial charge in [0.25, 0.3) is 0 Å². The zero-order chi connectivity index (χ0) is 9.97. The molecule has 1 aromatic rings. The summed E-state index contributed by atoms with van der Waals surface area (Å²) in [5, 5.41) is 2.89. The standard InChI is InChI=1S/C9H11BrN2OS/c10-8-3-2-7(14-8)6-11-9(13)12-4-1-5-12/h2-3H,1,4-6H2,(H,11,13). The average molecular weight is 275 g/mol. The molecule has 2 heterocycles. The Kier molecular flexibility index (Phi) is 3.08. The summed E-state index contributed by atoms with van der Waals surface area (Å²) >= 11 is 5.04. The first-order chi connectivity index (χ1) is 6.75. The summed E-state index contributed by atoms with van der Waals surface area (Å²) in [5.74, 6) is 0. The van der Waals surface area contributed by atoms with Crippen LogP contribution < -0.4 is 5.32 Å². The van der Waals surface area contributed by atoms with Gasteiger partial charge in [0, 0.05) is 18.0 Å². The van der Waals surface area contributed by atoms with Crippen LogP contribution in [0.1, 0.15) is 11.3 Å². The van der Waals surface area contributed by atoms with Crippen molar-refractivity contribution >= 4 is 33.3 Å². The molecule has 1 aliphatic rings. The molecule has 1 saturated heterocycles. The Bertz CT molecular complexity index is 335. The maximum Gasteiger partial charge on any atom is 0.317 e. The minimum atomic E-state index is 0.0563. The normalized spacial score (nSPS) is 15.1. The predicted octanol–water partition coefficient (Wildman–Crippen LogP) is 2.43. The summed E-state index contributed by atoms with van der Waals surface area (Å²) in [6, 6.07) is 4.07. The molecule has 5 heteroatoms. The molecule has 1 fully saturated rings. The minimum Gasteiger partial charge on any atom is -0.333 e. The lowest BCUT2D eigenvalue weighted by molar-refractivity contribution is 0.167. The predicted molar refractivity (Wildman–Crippen MR) is 60.4 cm³/mol. The van der Waals surface area contributed by atoms with E-state index < -0.39 is 0 Å². The summed E-state index contributed by atoms with van der Waals surface area (Å²) in [6.45, 7) is 2.44. The molecule has 2 amide bonds. The van der Waals surface area contributed by atoms with Crippen molar-refractivity contribution in [3.63, 3.8) is 0 Å². The highest BCUT2D eigenvalue weighted by atomic mass is 79.9. The van der Waals surface area contributed by atoms with Gasteiger partial charge in [0.15, 0.2) is 0 Å². The van der Waals surface area contributed by atoms with Gasteiger partial charge in [-0.05, 0) is 34.5 Å². The van der Waals surface area contributed by atoms with E-state index in [1.807, 2.05) is 17.0 Å². The number of carbonyl (C=O) groups is 1. The molecule has 0 saturated carbocycles. The topological polar surface area (TPSA) is 32.3 Å². The molecule has 76 valence electrons. The van der Waals surface area contributed by atoms with Crippen LogP contribution in [0.2, 0.25) is 0 Å². The summed E-state index contributed by atoms with van der Waals surface area (Å²) in [6.07, 6.45) is 1.14. The van der Waals surface area contributed by atoms with E-state index in [0.717, 1.165) is 23.3 Å². The van der Waals surface area contributed by atoms with Gasteiger partial charge >= 0.3 is 6.03 Å². The van der Waals surface area contributed by atoms with Crippen LogP contribution in [0.5, 0.6) is 0 Å². The molecule has 0 aromatic carbocycles. The average Bonchev–Trinajstić information content (AvgIpc) is 2.45. The van der Waals surface area contributed by atoms with Gasteiger partial charge in [-0.25, -0.2) is 4.79 Å². The first-order valence-corrected chi connectivity index (χ1v) is 6.13. The van der Waals surface area contributed by atoms with E-state index in [1.165, 1.54) is 4.88 Å². The molecule has 0 atom stereocenters. The van der Waals surface area contributed by atoms with E-state index in [-0.39, 0.29) is 6.03 Å². The van der Waals surface area contributed by atoms with E-state index in [2.05, 4.69) is 21.2 Å². The molecule has 1 aromatic heterocycles. The molecule has 0 spiro atoms. The molecule has 0 bridgehead atoms. The molecule has 0 unspecified atom stereocenters. The largest absolute Gasteiger partial charge is 0.333 e. The monoisotopic (exact) mass is 274 g/mol. The number of amides is 2. The fourth-order valence-corrected chi connectivity index (χ4v) is 2.66. The van der Waals surface area contributed by atoms with Gasteiger partial charge in [-0.1, -0.05) is 0 Å². The number of thiophene rings is 1. The van der Waals surface area contributed by atoms with E-state index in [0.29, 0.717) is 6.54 Å². The third kappa shape index (κ3) is 2.27. The van der Waals surface area contributed by atoms with Crippen LogP contribution in [0.15, 0.2) is 15.9 Å². The van der Waals surface area contributed by atoms with Crippen molar-refractivity contribution in [3.05, 3.63) is 20.8 Å². The third-order valence-corrected chi connectivity index (χ3v) is 3.81. The second-order valence-corrected chi connectivity index (χ2v) is 5.75. The number of nitrogens with zero attached hydrogens (tertiary/aromatic N) is 1. The molecule has 1 aliphatic heterocycles. The highest BCUT2D eigenvalue weighted by Crippen LogP contribution is 2.21. The van der Waals surface area contributed by atoms with Gasteiger partial charge in [0.05, 0.1) is 10.3 Å². The Labute approximate surface area is 95.2 Å². The van der Waals surface area contributed by atoms with E-state index in [4.69, 9.17) is 0 Å². The molecular weight excluding hydrogens is 264 g/mol. The summed E-state index contributed by atoms with van der Waals surface area (Å²) in [5.41, 5.74) is 0. The molecule has 2 rings (SSSR count). The van der Waals surface area contributed by atoms with Crippen molar-refractivity contribution < 1.29 is 4.79 Å². The van der Waals surface area contributed by atoms with Gasteiger partial charge in [-0.15, -0.1) is 11.3 Å². The summed E-state index contributed by atoms with van der Waals surface area (Å²) in [7, 11) is 0. The zero-order valence-electron chi connectivity index (χ0n) is 7.62. The first-order valence-electron chi connectivity index (χ1n) is 4.53. The van der Waals surface area contributed by atoms with Gasteiger partial charge in [-0.3, -0.25) is 0 Å². The molecule has 1 N–H and O–H groups in total. The fourth-order valence-electron chi connectivity index (χ4n) is 1.24. The quantitative estimate of drug-likeness (QED) is 0.883. The SMILES string of the molecule is O=C(NCc1ccc(Br)s1)N1CCC1. The van der Waals surface area contributed by atoms with Gasteiger partial charge in [-0.2, -0.15) is 0 Å². The van der Waals surface area contributed by atoms with Crippen molar-refractivity contribution in [2.45, 2.75) is 13.0 Å². The van der Waals surface area contributed by atoms with Crippen molar-refractivity contribution in [2.75, 3.05) is 13.1 Å². The number of nitrogens with one attached hydrogen (secondary N) is 1. The third-order valence-electron chi connectivity index (χ3n) is 2.19. The lowest BCUT2D eigenvalue weighted by Crippen LogP contribution is -2.47. The van der Waals surface area contributed by atoms with E-state index in [9.17, 15) is 4.79 Å². The van der Waals surface area contributed by atoms with Crippen molar-refractivity contribution in [1.29, 1.82) is 0 Å². The maximum absolute atomic E-state index is 11.4. The summed E-state index contributed by atoms with van der Waals surface area (Å²) < 4.78 is 1.10. The number of rotatable bonds is 2. The maximum atomic E-state index is 11.4. The Morgan fingerprint density at radius 1 is 1.57 bits per heavy atom. The van der Waals surface area contributed by atoms with Crippen LogP contribution in [-0.4, -0.2) is 24.0 Å². The lowest BCUT2D eigenvalue weighted by Gasteiger charge is -2.30. The van der Waals surface area contributed by atoms with Crippen LogP contribution >= 0.6 is 27.3 Å². The smallest absolute Gasteiger partial charge is 0.317 e. The minimum absolute atomic E-state index is 0.0563. The van der Waals surface area contributed by atoms with Crippen LogP contribution in [0.4, 0.5) is 4.79 Å². The summed E-state index contributed by atoms with van der Waals surface area (Å²) in [4.78, 5) is 14.4. The van der Waals surface area contributed by atoms with Crippen molar-refractivity contribution in [3.8, 4) is 0 Å². The zero-order valence-corrected chi connectivity index (χ0v) is 10.0. The van der Waals surface area contributed by atoms with E-state index in [1.54, 1.807) is 11.3 Å². The molecular formula is C9H11BrN2OS. The Morgan fingerprint density at radius 3 is 2.86 bits per heavy atom. The van der Waals surface area contributed by atoms with Crippen LogP contribution in [-0.2, 0) is 6.54 Å². The second-order valence-electron chi connectivity index (χ2n) is 3.21. The van der Waals surface area contributed by atoms with Gasteiger partial charge in [0.2, 0.25) is 0 Å². The van der Waals surface area contributed by atoms with Crippen molar-refractivity contribution in [1.82, 2.24) is 10.2 Å². The van der Waals surface area contributed by atoms with Gasteiger partial charge in [0.1, 0.15) is 0 Å². The van der Waals surface area contributed by atoms with Crippen LogP contribution in [0, 0.1) is 0 Å². The van der Waals surface area contributed by atoms with Crippen LogP contribution in [0.3, 0.4) is 0 Å². The number of halogens is 1. The number of likely N-dealkylation sites (tertiary alicyclic amines) is 1. The number of hydrogen-bond donors (Lipinski definition) is 1. The van der Waals surface area contributed by atoms with Crippen LogP contribution in [0.25, 0.3) is 0 Å². The highest BCUT2D eigenvalue weighted by Gasteiger charge is 2.19. The lowest BCUT2D eigenvalue weighted by atomic mass is 10.2. The number of hydrogen-bond acceptors (Lipinski definition) is 2. The molecule has 0 aliphatic carbocycles. The second kappa shape index (κ2) is 4.31. The Hall–Kier alpha value is -0.550. The fraction of sp³-hybridized carbons (Fsp3) is 0.444. The number of carbonyl (C=O) groups excluding carboxylic acids is 1. The Morgan fingerprint density at radius 2 is 2.36 bits per heavy atom. The Balaban J connectivity index is 1.79. The number of urea groups is 1. The molecule has 14 heavy (non-hydrogen) atoms. The highest BCUT2D eigenvalue weighted by molar-refractivity contribution is 9.11. The van der Waals surface area contributed by atoms with Gasteiger partial charge < -0.3 is 10.2 Å². The van der Waals surface area contributed by atoms with E-state index >= 15 is 0 Å². The molecule has 0 radical (unpaired) electrons.